The Morgan fingerprint density at radius 3 is 2.36 bits per heavy atom. The minimum Gasteiger partial charge on any atom is -0.496 e. The second-order valence-electron chi connectivity index (χ2n) is 9.61. The number of rotatable bonds is 7. The number of nitrogens with zero attached hydrogens (tertiary/aromatic N) is 3. The number of thioether (sulfide) groups is 1. The number of ether oxygens (including phenoxy) is 1. The summed E-state index contributed by atoms with van der Waals surface area (Å²) >= 11 is 2.02. The van der Waals surface area contributed by atoms with Crippen LogP contribution in [-0.2, 0) is 20.9 Å². The smallest absolute Gasteiger partial charge is 0.308 e. The first-order chi connectivity index (χ1) is 20.3. The van der Waals surface area contributed by atoms with Gasteiger partial charge in [-0.3, -0.25) is 33.9 Å². The molecule has 1 saturated heterocycles. The van der Waals surface area contributed by atoms with Gasteiger partial charge in [-0.1, -0.05) is 59.5 Å². The van der Waals surface area contributed by atoms with Gasteiger partial charge in [-0.15, -0.1) is 0 Å². The minimum absolute atomic E-state index is 0.170. The molecule has 3 heterocycles. The van der Waals surface area contributed by atoms with E-state index in [0.717, 1.165) is 28.0 Å². The van der Waals surface area contributed by atoms with Crippen molar-refractivity contribution in [3.8, 4) is 5.75 Å². The zero-order valence-electron chi connectivity index (χ0n) is 22.0. The number of non-ortho nitro benzene ring substituents is 1. The van der Waals surface area contributed by atoms with Crippen LogP contribution < -0.4 is 19.8 Å². The van der Waals surface area contributed by atoms with Gasteiger partial charge in [0.15, 0.2) is 0 Å². The molecule has 2 aliphatic heterocycles. The molecular weight excluding hydrogens is 580 g/mol. The molecule has 3 amide bonds. The van der Waals surface area contributed by atoms with Crippen LogP contribution in [0, 0.1) is 16.0 Å². The summed E-state index contributed by atoms with van der Waals surface area (Å²) in [5.74, 6) is -2.51. The highest BCUT2D eigenvalue weighted by Crippen LogP contribution is 2.55. The summed E-state index contributed by atoms with van der Waals surface area (Å²) in [7, 11) is 1.50. The van der Waals surface area contributed by atoms with Gasteiger partial charge in [-0.2, -0.15) is 0 Å². The van der Waals surface area contributed by atoms with Crippen LogP contribution >= 0.6 is 23.1 Å². The average Bonchev–Trinajstić information content (AvgIpc) is 3.43. The van der Waals surface area contributed by atoms with Crippen molar-refractivity contribution in [2.24, 2.45) is 5.92 Å². The summed E-state index contributed by atoms with van der Waals surface area (Å²) in [4.78, 5) is 65.9. The predicted octanol–water partition coefficient (Wildman–Crippen LogP) is 4.26. The van der Waals surface area contributed by atoms with Gasteiger partial charge in [0.25, 0.3) is 5.69 Å². The molecule has 2 aliphatic rings. The molecule has 1 N–H and O–H groups in total. The van der Waals surface area contributed by atoms with Crippen LogP contribution in [0.2, 0.25) is 0 Å². The lowest BCUT2D eigenvalue weighted by Gasteiger charge is -2.31. The van der Waals surface area contributed by atoms with E-state index in [0.29, 0.717) is 26.9 Å². The summed E-state index contributed by atoms with van der Waals surface area (Å²) in [6, 6.07) is 21.2. The lowest BCUT2D eigenvalue weighted by Crippen LogP contribution is -2.33. The molecule has 0 aliphatic carbocycles. The lowest BCUT2D eigenvalue weighted by molar-refractivity contribution is -0.384. The highest BCUT2D eigenvalue weighted by molar-refractivity contribution is 8.00. The second kappa shape index (κ2) is 10.9. The van der Waals surface area contributed by atoms with E-state index in [9.17, 15) is 29.3 Å². The van der Waals surface area contributed by atoms with Crippen molar-refractivity contribution in [3.63, 3.8) is 0 Å². The van der Waals surface area contributed by atoms with Crippen LogP contribution in [0.15, 0.2) is 88.7 Å². The van der Waals surface area contributed by atoms with E-state index < -0.39 is 39.7 Å². The van der Waals surface area contributed by atoms with E-state index in [-0.39, 0.29) is 22.8 Å². The standard InChI is InChI=1S/C29H22N4O7S2/c1-40-20-10-6-5-9-19(20)22-23-24(27(36)32(26(23)35)17-11-13-18(14-12-17)33(38)39)41-28-25(22)42-29(37)31(28)15-21(34)30-16-7-3-2-4-8-16/h2-14,22-24H,15H2,1H3,(H,30,34)/t22-,23-,24+/m0/s1. The number of carbonyl (C=O) groups is 3. The zero-order chi connectivity index (χ0) is 29.5. The molecule has 13 heteroatoms. The molecule has 42 heavy (non-hydrogen) atoms. The Labute approximate surface area is 246 Å². The van der Waals surface area contributed by atoms with E-state index >= 15 is 0 Å². The summed E-state index contributed by atoms with van der Waals surface area (Å²) in [6.07, 6.45) is 0. The number of thiazole rings is 1. The SMILES string of the molecule is COc1ccccc1[C@@H]1c2sc(=O)n(CC(=O)Nc3ccccc3)c2S[C@H]2C(=O)N(c3ccc([N+](=O)[O-])cc3)C(=O)[C@@H]12. The zero-order valence-corrected chi connectivity index (χ0v) is 23.6. The summed E-state index contributed by atoms with van der Waals surface area (Å²) < 4.78 is 6.96. The number of hydrogen-bond donors (Lipinski definition) is 1. The van der Waals surface area contributed by atoms with Gasteiger partial charge in [0, 0.05) is 34.2 Å². The molecule has 0 spiro atoms. The number of benzene rings is 3. The number of hydrogen-bond acceptors (Lipinski definition) is 9. The summed E-state index contributed by atoms with van der Waals surface area (Å²) in [5.41, 5.74) is 1.25. The molecule has 4 aromatic rings. The third kappa shape index (κ3) is 4.65. The van der Waals surface area contributed by atoms with Gasteiger partial charge in [0.2, 0.25) is 17.7 Å². The number of anilines is 2. The van der Waals surface area contributed by atoms with Gasteiger partial charge >= 0.3 is 4.87 Å². The predicted molar refractivity (Wildman–Crippen MR) is 157 cm³/mol. The number of fused-ring (bicyclic) bond motifs is 2. The van der Waals surface area contributed by atoms with Gasteiger partial charge in [0.05, 0.1) is 28.7 Å². The fourth-order valence-electron chi connectivity index (χ4n) is 5.36. The van der Waals surface area contributed by atoms with Gasteiger partial charge in [-0.05, 0) is 30.3 Å². The lowest BCUT2D eigenvalue weighted by atomic mass is 9.82. The maximum atomic E-state index is 14.0. The molecule has 3 aromatic carbocycles. The Morgan fingerprint density at radius 2 is 1.67 bits per heavy atom. The number of amides is 3. The van der Waals surface area contributed by atoms with Crippen molar-refractivity contribution in [2.45, 2.75) is 22.7 Å². The molecule has 6 rings (SSSR count). The Hall–Kier alpha value is -4.75. The van der Waals surface area contributed by atoms with Crippen molar-refractivity contribution in [1.82, 2.24) is 4.57 Å². The second-order valence-corrected chi connectivity index (χ2v) is 11.7. The number of nitro groups is 1. The molecule has 1 aromatic heterocycles. The van der Waals surface area contributed by atoms with Gasteiger partial charge in [0.1, 0.15) is 17.5 Å². The number of nitro benzene ring substituents is 1. The van der Waals surface area contributed by atoms with Crippen molar-refractivity contribution in [3.05, 3.63) is 109 Å². The quantitative estimate of drug-likeness (QED) is 0.188. The van der Waals surface area contributed by atoms with Crippen molar-refractivity contribution >= 4 is 57.9 Å². The van der Waals surface area contributed by atoms with Crippen LogP contribution in [0.1, 0.15) is 16.4 Å². The van der Waals surface area contributed by atoms with E-state index in [1.165, 1.54) is 35.9 Å². The third-order valence-electron chi connectivity index (χ3n) is 7.20. The first-order valence-corrected chi connectivity index (χ1v) is 14.5. The van der Waals surface area contributed by atoms with E-state index in [4.69, 9.17) is 4.74 Å². The Morgan fingerprint density at radius 1 is 0.976 bits per heavy atom. The summed E-state index contributed by atoms with van der Waals surface area (Å²) in [6.45, 7) is -0.281. The molecule has 0 unspecified atom stereocenters. The maximum Gasteiger partial charge on any atom is 0.308 e. The van der Waals surface area contributed by atoms with E-state index in [2.05, 4.69) is 5.32 Å². The maximum absolute atomic E-state index is 14.0. The van der Waals surface area contributed by atoms with Crippen LogP contribution in [0.5, 0.6) is 5.75 Å². The van der Waals surface area contributed by atoms with Crippen molar-refractivity contribution in [2.75, 3.05) is 17.3 Å². The van der Waals surface area contributed by atoms with E-state index in [1.54, 1.807) is 48.5 Å². The summed E-state index contributed by atoms with van der Waals surface area (Å²) in [5, 5.41) is 13.5. The Kier molecular flexibility index (Phi) is 7.12. The molecule has 0 bridgehead atoms. The molecular formula is C29H22N4O7S2. The minimum atomic E-state index is -0.910. The van der Waals surface area contributed by atoms with E-state index in [1.807, 2.05) is 6.07 Å². The van der Waals surface area contributed by atoms with Gasteiger partial charge < -0.3 is 10.1 Å². The Bertz CT molecular complexity index is 1790. The van der Waals surface area contributed by atoms with Crippen LogP contribution in [0.3, 0.4) is 0 Å². The number of methoxy groups -OCH3 is 1. The normalized spacial score (nSPS) is 19.3. The number of nitrogens with one attached hydrogen (secondary N) is 1. The molecule has 0 saturated carbocycles. The van der Waals surface area contributed by atoms with Crippen LogP contribution in [0.25, 0.3) is 0 Å². The molecule has 0 radical (unpaired) electrons. The molecule has 11 nitrogen and oxygen atoms in total. The monoisotopic (exact) mass is 602 g/mol. The third-order valence-corrected chi connectivity index (χ3v) is 9.80. The first kappa shape index (κ1) is 27.4. The van der Waals surface area contributed by atoms with Crippen molar-refractivity contribution < 1.29 is 24.0 Å². The average molecular weight is 603 g/mol. The molecule has 1 fully saturated rings. The van der Waals surface area contributed by atoms with Crippen LogP contribution in [0.4, 0.5) is 17.1 Å². The van der Waals surface area contributed by atoms with Crippen LogP contribution in [-0.4, -0.2) is 39.6 Å². The Balaban J connectivity index is 1.43. The topological polar surface area (TPSA) is 141 Å². The van der Waals surface area contributed by atoms with Gasteiger partial charge in [-0.25, -0.2) is 4.90 Å². The number of aromatic nitrogens is 1. The molecule has 212 valence electrons. The number of carbonyl (C=O) groups excluding carboxylic acids is 3. The highest BCUT2D eigenvalue weighted by atomic mass is 32.2. The molecule has 3 atom stereocenters. The number of para-hydroxylation sites is 2. The first-order valence-electron chi connectivity index (χ1n) is 12.8. The number of imide groups is 1. The fourth-order valence-corrected chi connectivity index (χ4v) is 8.12. The highest BCUT2D eigenvalue weighted by Gasteiger charge is 2.57. The fraction of sp³-hybridized carbons (Fsp3) is 0.172. The van der Waals surface area contributed by atoms with Crippen molar-refractivity contribution in [1.29, 1.82) is 0 Å². The largest absolute Gasteiger partial charge is 0.496 e.